The van der Waals surface area contributed by atoms with Gasteiger partial charge in [-0.3, -0.25) is 19.2 Å². The number of hydrogen-bond donors (Lipinski definition) is 0. The molecule has 3 aromatic rings. The van der Waals surface area contributed by atoms with Crippen LogP contribution in [0.3, 0.4) is 0 Å². The van der Waals surface area contributed by atoms with Crippen molar-refractivity contribution >= 4 is 0 Å². The van der Waals surface area contributed by atoms with Gasteiger partial charge in [0.15, 0.2) is 0 Å². The van der Waals surface area contributed by atoms with E-state index in [9.17, 15) is 18.0 Å². The molecule has 0 amide bonds. The van der Waals surface area contributed by atoms with E-state index in [1.165, 1.54) is 6.07 Å². The maximum atomic E-state index is 12.5. The molecular formula is C19H19F3N6O2. The Balaban J connectivity index is 1.32. The van der Waals surface area contributed by atoms with Gasteiger partial charge in [0.25, 0.3) is 5.56 Å². The quantitative estimate of drug-likeness (QED) is 0.627. The number of pyridine rings is 1. The number of nitrogens with zero attached hydrogens (tertiary/aromatic N) is 6. The van der Waals surface area contributed by atoms with Crippen LogP contribution in [0.4, 0.5) is 13.2 Å². The molecule has 0 spiro atoms. The molecule has 11 heteroatoms. The number of hydrogen-bond acceptors (Lipinski definition) is 7. The smallest absolute Gasteiger partial charge is 0.416 e. The second-order valence-electron chi connectivity index (χ2n) is 7.22. The van der Waals surface area contributed by atoms with Gasteiger partial charge in [-0.2, -0.15) is 13.2 Å². The molecule has 1 fully saturated rings. The van der Waals surface area contributed by atoms with Crippen LogP contribution in [-0.4, -0.2) is 42.7 Å². The van der Waals surface area contributed by atoms with E-state index in [0.29, 0.717) is 25.3 Å². The zero-order valence-corrected chi connectivity index (χ0v) is 15.9. The number of aromatic nitrogens is 5. The van der Waals surface area contributed by atoms with E-state index in [1.54, 1.807) is 29.4 Å². The molecule has 4 rings (SSSR count). The van der Waals surface area contributed by atoms with Gasteiger partial charge in [0.1, 0.15) is 0 Å². The molecule has 1 saturated heterocycles. The molecule has 0 saturated carbocycles. The third-order valence-corrected chi connectivity index (χ3v) is 5.07. The van der Waals surface area contributed by atoms with Crippen molar-refractivity contribution in [3.63, 3.8) is 0 Å². The Kier molecular flexibility index (Phi) is 5.62. The summed E-state index contributed by atoms with van der Waals surface area (Å²) in [6, 6.07) is 5.13. The number of alkyl halides is 3. The van der Waals surface area contributed by atoms with Crippen LogP contribution < -0.4 is 5.56 Å². The minimum Gasteiger partial charge on any atom is -0.416 e. The summed E-state index contributed by atoms with van der Waals surface area (Å²) in [5.74, 6) is -1.10. The fourth-order valence-corrected chi connectivity index (χ4v) is 3.46. The highest BCUT2D eigenvalue weighted by Crippen LogP contribution is 2.28. The van der Waals surface area contributed by atoms with Crippen LogP contribution in [0.1, 0.15) is 24.6 Å². The van der Waals surface area contributed by atoms with Crippen LogP contribution in [0.2, 0.25) is 0 Å². The molecule has 3 aromatic heterocycles. The summed E-state index contributed by atoms with van der Waals surface area (Å²) in [5, 5.41) is 6.52. The Morgan fingerprint density at radius 1 is 1.20 bits per heavy atom. The van der Waals surface area contributed by atoms with Gasteiger partial charge in [0.05, 0.1) is 18.6 Å². The summed E-state index contributed by atoms with van der Waals surface area (Å²) in [6.07, 6.45) is 1.84. The average Bonchev–Trinajstić information content (AvgIpc) is 3.21. The molecule has 0 bridgehead atoms. The minimum atomic E-state index is -4.63. The predicted molar refractivity (Wildman–Crippen MR) is 99.0 cm³/mol. The van der Waals surface area contributed by atoms with E-state index in [4.69, 9.17) is 0 Å². The van der Waals surface area contributed by atoms with Gasteiger partial charge in [-0.25, -0.2) is 4.98 Å². The fourth-order valence-electron chi connectivity index (χ4n) is 3.46. The lowest BCUT2D eigenvalue weighted by Gasteiger charge is -2.31. The number of piperidine rings is 1. The zero-order valence-electron chi connectivity index (χ0n) is 15.9. The zero-order chi connectivity index (χ0) is 21.1. The summed E-state index contributed by atoms with van der Waals surface area (Å²) in [7, 11) is 0. The second kappa shape index (κ2) is 8.34. The highest BCUT2D eigenvalue weighted by Gasteiger charge is 2.38. The van der Waals surface area contributed by atoms with Gasteiger partial charge in [-0.05, 0) is 44.0 Å². The molecule has 30 heavy (non-hydrogen) atoms. The molecule has 0 unspecified atom stereocenters. The van der Waals surface area contributed by atoms with E-state index in [-0.39, 0.29) is 23.9 Å². The molecule has 1 aliphatic rings. The summed E-state index contributed by atoms with van der Waals surface area (Å²) >= 11 is 0. The average molecular weight is 420 g/mol. The van der Waals surface area contributed by atoms with E-state index in [0.717, 1.165) is 18.4 Å². The molecule has 0 radical (unpaired) electrons. The standard InChI is InChI=1S/C19H19F3N6O2/c20-19(21,22)18-26-25-16(30-18)11-27-6-3-13(4-7-27)10-28-12-24-15(8-17(28)29)14-2-1-5-23-9-14/h1-2,5,8-9,12-13H,3-4,6-7,10-11H2. The first kappa shape index (κ1) is 20.2. The van der Waals surface area contributed by atoms with Gasteiger partial charge in [0, 0.05) is 30.6 Å². The van der Waals surface area contributed by atoms with Crippen molar-refractivity contribution < 1.29 is 17.6 Å². The molecule has 0 aromatic carbocycles. The summed E-state index contributed by atoms with van der Waals surface area (Å²) in [4.78, 5) is 22.8. The Labute approximate surface area is 169 Å². The van der Waals surface area contributed by atoms with Crippen LogP contribution >= 0.6 is 0 Å². The molecule has 158 valence electrons. The first-order chi connectivity index (χ1) is 14.4. The molecule has 1 aliphatic heterocycles. The molecule has 0 N–H and O–H groups in total. The van der Waals surface area contributed by atoms with Crippen molar-refractivity contribution in [1.82, 2.24) is 29.6 Å². The van der Waals surface area contributed by atoms with Crippen LogP contribution in [-0.2, 0) is 19.3 Å². The summed E-state index contributed by atoms with van der Waals surface area (Å²) in [6.45, 7) is 2.07. The normalized spacial score (nSPS) is 16.1. The Morgan fingerprint density at radius 3 is 2.63 bits per heavy atom. The van der Waals surface area contributed by atoms with E-state index in [2.05, 4.69) is 24.6 Å². The largest absolute Gasteiger partial charge is 0.470 e. The first-order valence-electron chi connectivity index (χ1n) is 9.47. The van der Waals surface area contributed by atoms with Crippen molar-refractivity contribution in [2.24, 2.45) is 5.92 Å². The lowest BCUT2D eigenvalue weighted by Crippen LogP contribution is -2.36. The summed E-state index contributed by atoms with van der Waals surface area (Å²) in [5.41, 5.74) is 1.23. The van der Waals surface area contributed by atoms with Crippen molar-refractivity contribution in [2.75, 3.05) is 13.1 Å². The summed E-state index contributed by atoms with van der Waals surface area (Å²) < 4.78 is 43.9. The molecular weight excluding hydrogens is 401 g/mol. The highest BCUT2D eigenvalue weighted by atomic mass is 19.4. The lowest BCUT2D eigenvalue weighted by molar-refractivity contribution is -0.157. The van der Waals surface area contributed by atoms with Gasteiger partial charge in [-0.1, -0.05) is 0 Å². The topological polar surface area (TPSA) is 89.9 Å². The van der Waals surface area contributed by atoms with E-state index >= 15 is 0 Å². The van der Waals surface area contributed by atoms with Crippen molar-refractivity contribution in [1.29, 1.82) is 0 Å². The molecule has 4 heterocycles. The molecule has 0 aliphatic carbocycles. The van der Waals surface area contributed by atoms with Gasteiger partial charge in [-0.15, -0.1) is 10.2 Å². The number of rotatable bonds is 5. The van der Waals surface area contributed by atoms with E-state index in [1.807, 2.05) is 11.0 Å². The van der Waals surface area contributed by atoms with Crippen LogP contribution in [0.5, 0.6) is 0 Å². The monoisotopic (exact) mass is 420 g/mol. The van der Waals surface area contributed by atoms with Crippen LogP contribution in [0.15, 0.2) is 46.1 Å². The third-order valence-electron chi connectivity index (χ3n) is 5.07. The third kappa shape index (κ3) is 4.73. The first-order valence-corrected chi connectivity index (χ1v) is 9.47. The van der Waals surface area contributed by atoms with Crippen LogP contribution in [0.25, 0.3) is 11.3 Å². The fraction of sp³-hybridized carbons (Fsp3) is 0.421. The maximum absolute atomic E-state index is 12.5. The van der Waals surface area contributed by atoms with Gasteiger partial charge in [0.2, 0.25) is 5.89 Å². The SMILES string of the molecule is O=c1cc(-c2cccnc2)ncn1CC1CCN(Cc2nnc(C(F)(F)F)o2)CC1. The van der Waals surface area contributed by atoms with Gasteiger partial charge >= 0.3 is 12.1 Å². The Hall–Kier alpha value is -3.08. The van der Waals surface area contributed by atoms with Gasteiger partial charge < -0.3 is 4.42 Å². The van der Waals surface area contributed by atoms with E-state index < -0.39 is 12.1 Å². The second-order valence-corrected chi connectivity index (χ2v) is 7.22. The minimum absolute atomic E-state index is 0.0489. The van der Waals surface area contributed by atoms with Crippen LogP contribution in [0, 0.1) is 5.92 Å². The lowest BCUT2D eigenvalue weighted by atomic mass is 9.96. The van der Waals surface area contributed by atoms with Crippen molar-refractivity contribution in [3.8, 4) is 11.3 Å². The number of halogens is 3. The Bertz CT molecular complexity index is 1040. The predicted octanol–water partition coefficient (Wildman–Crippen LogP) is 2.62. The Morgan fingerprint density at radius 2 is 2.00 bits per heavy atom. The number of likely N-dealkylation sites (tertiary alicyclic amines) is 1. The van der Waals surface area contributed by atoms with Crippen molar-refractivity contribution in [2.45, 2.75) is 32.1 Å². The maximum Gasteiger partial charge on any atom is 0.470 e. The molecule has 8 nitrogen and oxygen atoms in total. The highest BCUT2D eigenvalue weighted by molar-refractivity contribution is 5.56. The molecule has 0 atom stereocenters. The van der Waals surface area contributed by atoms with Crippen molar-refractivity contribution in [3.05, 3.63) is 59.1 Å².